The molecular weight excluding hydrogens is 372 g/mol. The van der Waals surface area contributed by atoms with Gasteiger partial charge in [0.1, 0.15) is 5.82 Å². The van der Waals surface area contributed by atoms with Gasteiger partial charge in [-0.25, -0.2) is 9.97 Å². The molecule has 1 aliphatic rings. The lowest BCUT2D eigenvalue weighted by Crippen LogP contribution is -2.38. The Balaban J connectivity index is 1.61. The summed E-state index contributed by atoms with van der Waals surface area (Å²) in [5.41, 5.74) is 2.20. The number of aromatic nitrogens is 4. The summed E-state index contributed by atoms with van der Waals surface area (Å²) in [6.45, 7) is 1.96. The lowest BCUT2D eigenvalue weighted by Gasteiger charge is -2.27. The molecule has 0 amide bonds. The van der Waals surface area contributed by atoms with Gasteiger partial charge in [0.15, 0.2) is 17.0 Å². The van der Waals surface area contributed by atoms with Crippen molar-refractivity contribution in [3.63, 3.8) is 0 Å². The van der Waals surface area contributed by atoms with Crippen molar-refractivity contribution in [1.82, 2.24) is 19.9 Å². The molecule has 0 unspecified atom stereocenters. The van der Waals surface area contributed by atoms with Crippen LogP contribution in [0.2, 0.25) is 5.28 Å². The molecule has 9 heteroatoms. The van der Waals surface area contributed by atoms with Crippen LogP contribution in [0.5, 0.6) is 0 Å². The van der Waals surface area contributed by atoms with Crippen LogP contribution in [-0.2, 0) is 17.3 Å². The second kappa shape index (κ2) is 7.51. The third-order valence-electron chi connectivity index (χ3n) is 4.16. The van der Waals surface area contributed by atoms with Gasteiger partial charge in [0, 0.05) is 41.9 Å². The lowest BCUT2D eigenvalue weighted by molar-refractivity contribution is 0.672. The van der Waals surface area contributed by atoms with E-state index in [1.165, 1.54) is 0 Å². The highest BCUT2D eigenvalue weighted by Crippen LogP contribution is 2.24. The van der Waals surface area contributed by atoms with Crippen LogP contribution in [-0.4, -0.2) is 48.7 Å². The van der Waals surface area contributed by atoms with Gasteiger partial charge < -0.3 is 10.2 Å². The molecule has 0 bridgehead atoms. The first-order valence-corrected chi connectivity index (χ1v) is 10.1. The molecule has 0 aliphatic carbocycles. The highest BCUT2D eigenvalue weighted by Gasteiger charge is 2.21. The van der Waals surface area contributed by atoms with Crippen LogP contribution in [0.1, 0.15) is 5.56 Å². The molecule has 2 aromatic heterocycles. The molecule has 0 saturated carbocycles. The number of anilines is 2. The van der Waals surface area contributed by atoms with E-state index in [0.29, 0.717) is 53.9 Å². The maximum atomic E-state index is 11.6. The zero-order chi connectivity index (χ0) is 17.9. The molecule has 3 heterocycles. The molecule has 1 fully saturated rings. The number of hydrogen-bond donors (Lipinski definition) is 1. The quantitative estimate of drug-likeness (QED) is 0.686. The largest absolute Gasteiger partial charge is 0.365 e. The van der Waals surface area contributed by atoms with Crippen molar-refractivity contribution >= 4 is 45.2 Å². The Morgan fingerprint density at radius 2 is 1.88 bits per heavy atom. The van der Waals surface area contributed by atoms with E-state index in [1.54, 1.807) is 6.20 Å². The van der Waals surface area contributed by atoms with Gasteiger partial charge in [-0.1, -0.05) is 30.3 Å². The molecule has 0 radical (unpaired) electrons. The number of fused-ring (bicyclic) bond motifs is 1. The summed E-state index contributed by atoms with van der Waals surface area (Å²) in [7, 11) is -0.762. The number of hydrogen-bond acceptors (Lipinski definition) is 7. The smallest absolute Gasteiger partial charge is 0.226 e. The van der Waals surface area contributed by atoms with Crippen molar-refractivity contribution in [2.45, 2.75) is 6.54 Å². The Morgan fingerprint density at radius 3 is 2.65 bits per heavy atom. The number of nitrogens with one attached hydrogen (secondary N) is 1. The maximum Gasteiger partial charge on any atom is 0.226 e. The maximum absolute atomic E-state index is 11.6. The minimum absolute atomic E-state index is 0.133. The van der Waals surface area contributed by atoms with Gasteiger partial charge in [0.2, 0.25) is 5.28 Å². The van der Waals surface area contributed by atoms with Gasteiger partial charge in [-0.3, -0.25) is 4.21 Å². The van der Waals surface area contributed by atoms with Crippen molar-refractivity contribution in [3.8, 4) is 0 Å². The van der Waals surface area contributed by atoms with Crippen molar-refractivity contribution in [1.29, 1.82) is 0 Å². The molecule has 26 heavy (non-hydrogen) atoms. The van der Waals surface area contributed by atoms with Gasteiger partial charge in [-0.05, 0) is 17.2 Å². The fourth-order valence-electron chi connectivity index (χ4n) is 2.81. The van der Waals surface area contributed by atoms with Crippen molar-refractivity contribution in [2.75, 3.05) is 34.8 Å². The van der Waals surface area contributed by atoms with E-state index in [-0.39, 0.29) is 5.28 Å². The molecule has 1 aromatic carbocycles. The van der Waals surface area contributed by atoms with Crippen LogP contribution in [0.15, 0.2) is 36.5 Å². The monoisotopic (exact) mass is 388 g/mol. The van der Waals surface area contributed by atoms with Crippen molar-refractivity contribution in [3.05, 3.63) is 47.4 Å². The zero-order valence-corrected chi connectivity index (χ0v) is 15.5. The van der Waals surface area contributed by atoms with E-state index in [1.807, 2.05) is 35.2 Å². The molecule has 134 valence electrons. The number of halogens is 1. The van der Waals surface area contributed by atoms with E-state index < -0.39 is 10.8 Å². The SMILES string of the molecule is O=S1CCN(c2nc(Cl)nc3nc(NCc4ccccc4)cnc23)CC1. The van der Waals surface area contributed by atoms with Gasteiger partial charge in [-0.15, -0.1) is 0 Å². The molecule has 1 N–H and O–H groups in total. The summed E-state index contributed by atoms with van der Waals surface area (Å²) in [6, 6.07) is 10.1. The Kier molecular flexibility index (Phi) is 4.94. The molecule has 4 rings (SSSR count). The highest BCUT2D eigenvalue weighted by molar-refractivity contribution is 7.85. The highest BCUT2D eigenvalue weighted by atomic mass is 35.5. The van der Waals surface area contributed by atoms with Crippen LogP contribution >= 0.6 is 11.6 Å². The second-order valence-electron chi connectivity index (χ2n) is 5.92. The van der Waals surface area contributed by atoms with E-state index in [2.05, 4.69) is 25.3 Å². The number of rotatable bonds is 4. The standard InChI is InChI=1S/C17H17ClN6OS/c18-17-22-15-14(16(23-17)24-6-8-26(25)9-7-24)20-11-13(21-15)19-10-12-4-2-1-3-5-12/h1-5,11H,6-10H2,(H,19,21,22,23). The van der Waals surface area contributed by atoms with Gasteiger partial charge in [-0.2, -0.15) is 9.97 Å². The van der Waals surface area contributed by atoms with Gasteiger partial charge in [0.25, 0.3) is 0 Å². The zero-order valence-electron chi connectivity index (χ0n) is 13.9. The molecule has 0 spiro atoms. The Hall–Kier alpha value is -2.32. The fourth-order valence-corrected chi connectivity index (χ4v) is 4.02. The average molecular weight is 389 g/mol. The fraction of sp³-hybridized carbons (Fsp3) is 0.294. The third-order valence-corrected chi connectivity index (χ3v) is 5.60. The minimum atomic E-state index is -0.762. The summed E-state index contributed by atoms with van der Waals surface area (Å²) in [4.78, 5) is 19.6. The van der Waals surface area contributed by atoms with Crippen molar-refractivity contribution in [2.24, 2.45) is 0 Å². The van der Waals surface area contributed by atoms with E-state index in [0.717, 1.165) is 5.56 Å². The summed E-state index contributed by atoms with van der Waals surface area (Å²) in [5.74, 6) is 2.51. The van der Waals surface area contributed by atoms with Gasteiger partial charge in [0.05, 0.1) is 6.20 Å². The summed E-state index contributed by atoms with van der Waals surface area (Å²) in [6.07, 6.45) is 1.67. The van der Waals surface area contributed by atoms with Crippen LogP contribution in [0, 0.1) is 0 Å². The summed E-state index contributed by atoms with van der Waals surface area (Å²) in [5, 5.41) is 3.38. The van der Waals surface area contributed by atoms with Crippen LogP contribution in [0.3, 0.4) is 0 Å². The molecule has 1 saturated heterocycles. The number of benzene rings is 1. The average Bonchev–Trinajstić information content (AvgIpc) is 2.67. The predicted molar refractivity (Wildman–Crippen MR) is 104 cm³/mol. The normalized spacial score (nSPS) is 15.3. The lowest BCUT2D eigenvalue weighted by atomic mass is 10.2. The third kappa shape index (κ3) is 3.76. The van der Waals surface area contributed by atoms with E-state index in [9.17, 15) is 4.21 Å². The van der Waals surface area contributed by atoms with Crippen LogP contribution in [0.25, 0.3) is 11.2 Å². The topological polar surface area (TPSA) is 83.9 Å². The minimum Gasteiger partial charge on any atom is -0.365 e. The van der Waals surface area contributed by atoms with Crippen LogP contribution < -0.4 is 10.2 Å². The van der Waals surface area contributed by atoms with Crippen LogP contribution in [0.4, 0.5) is 11.6 Å². The Labute approximate surface area is 158 Å². The summed E-state index contributed by atoms with van der Waals surface area (Å²) >= 11 is 6.10. The Bertz CT molecular complexity index is 945. The molecule has 3 aromatic rings. The van der Waals surface area contributed by atoms with Crippen molar-refractivity contribution < 1.29 is 4.21 Å². The predicted octanol–water partition coefficient (Wildman–Crippen LogP) is 2.25. The molecule has 1 aliphatic heterocycles. The second-order valence-corrected chi connectivity index (χ2v) is 7.95. The first kappa shape index (κ1) is 17.1. The molecular formula is C17H17ClN6OS. The first-order chi connectivity index (χ1) is 12.7. The van der Waals surface area contributed by atoms with Gasteiger partial charge >= 0.3 is 0 Å². The van der Waals surface area contributed by atoms with E-state index >= 15 is 0 Å². The molecule has 0 atom stereocenters. The summed E-state index contributed by atoms with van der Waals surface area (Å²) < 4.78 is 11.6. The molecule has 7 nitrogen and oxygen atoms in total. The first-order valence-electron chi connectivity index (χ1n) is 8.27. The Morgan fingerprint density at radius 1 is 1.12 bits per heavy atom. The van der Waals surface area contributed by atoms with E-state index in [4.69, 9.17) is 11.6 Å². The number of nitrogens with zero attached hydrogens (tertiary/aromatic N) is 5.